The minimum Gasteiger partial charge on any atom is -0.496 e. The van der Waals surface area contributed by atoms with Gasteiger partial charge in [-0.25, -0.2) is 0 Å². The Morgan fingerprint density at radius 3 is 2.56 bits per heavy atom. The molecule has 0 bridgehead atoms. The summed E-state index contributed by atoms with van der Waals surface area (Å²) in [5.41, 5.74) is 1.58. The normalized spacial score (nSPS) is 16.2. The largest absolute Gasteiger partial charge is 0.496 e. The molecule has 1 aliphatic heterocycles. The first-order valence-corrected chi connectivity index (χ1v) is 9.24. The van der Waals surface area contributed by atoms with Crippen LogP contribution in [0.25, 0.3) is 10.8 Å². The molecule has 136 valence electrons. The zero-order chi connectivity index (χ0) is 19.0. The molecule has 0 radical (unpaired) electrons. The molecule has 0 N–H and O–H groups in total. The molecular formula is C21H17BrN2O3. The van der Waals surface area contributed by atoms with Crippen LogP contribution in [0.2, 0.25) is 0 Å². The number of ether oxygens (including phenoxy) is 2. The Morgan fingerprint density at radius 2 is 1.85 bits per heavy atom. The van der Waals surface area contributed by atoms with E-state index in [-0.39, 0.29) is 5.91 Å². The minimum absolute atomic E-state index is 0.206. The summed E-state index contributed by atoms with van der Waals surface area (Å²) >= 11 is 3.42. The van der Waals surface area contributed by atoms with E-state index in [0.29, 0.717) is 11.6 Å². The predicted molar refractivity (Wildman–Crippen MR) is 108 cm³/mol. The molecule has 6 heteroatoms. The van der Waals surface area contributed by atoms with Crippen molar-refractivity contribution in [1.29, 1.82) is 0 Å². The van der Waals surface area contributed by atoms with Gasteiger partial charge in [-0.15, -0.1) is 5.10 Å². The van der Waals surface area contributed by atoms with Crippen LogP contribution in [0.15, 0.2) is 70.2 Å². The smallest absolute Gasteiger partial charge is 0.243 e. The Hall–Kier alpha value is -2.86. The molecule has 0 aliphatic carbocycles. The summed E-state index contributed by atoms with van der Waals surface area (Å²) in [6.45, 7) is 1.47. The quantitative estimate of drug-likeness (QED) is 0.603. The lowest BCUT2D eigenvalue weighted by Gasteiger charge is -2.23. The van der Waals surface area contributed by atoms with Crippen molar-refractivity contribution in [2.45, 2.75) is 13.2 Å². The number of hydrogen-bond donors (Lipinski definition) is 0. The number of nitrogens with zero attached hydrogens (tertiary/aromatic N) is 2. The molecule has 0 spiro atoms. The third-order valence-electron chi connectivity index (χ3n) is 4.46. The molecule has 0 saturated carbocycles. The Morgan fingerprint density at radius 1 is 1.11 bits per heavy atom. The second kappa shape index (κ2) is 7.04. The summed E-state index contributed by atoms with van der Waals surface area (Å²) in [5, 5.41) is 7.80. The summed E-state index contributed by atoms with van der Waals surface area (Å²) in [7, 11) is 1.61. The SMILES string of the molecule is COc1ccc2ccccc2c1[C@@H]1OC(c2ccc(Br)cc2)=NN1C(C)=O. The lowest BCUT2D eigenvalue weighted by atomic mass is 10.0. The molecule has 3 aromatic carbocycles. The molecule has 0 saturated heterocycles. The average molecular weight is 425 g/mol. The molecule has 27 heavy (non-hydrogen) atoms. The molecule has 1 aliphatic rings. The molecule has 0 aromatic heterocycles. The van der Waals surface area contributed by atoms with Crippen LogP contribution in [0.5, 0.6) is 5.75 Å². The fraction of sp³-hybridized carbons (Fsp3) is 0.143. The average Bonchev–Trinajstić information content (AvgIpc) is 3.13. The number of hydrogen-bond acceptors (Lipinski definition) is 4. The highest BCUT2D eigenvalue weighted by Gasteiger charge is 2.36. The summed E-state index contributed by atoms with van der Waals surface area (Å²) in [5.74, 6) is 0.844. The molecule has 3 aromatic rings. The van der Waals surface area contributed by atoms with Crippen LogP contribution < -0.4 is 4.74 Å². The van der Waals surface area contributed by atoms with Crippen LogP contribution in [-0.2, 0) is 9.53 Å². The number of halogens is 1. The van der Waals surface area contributed by atoms with Gasteiger partial charge < -0.3 is 9.47 Å². The first-order valence-electron chi connectivity index (χ1n) is 8.45. The Balaban J connectivity index is 1.83. The zero-order valence-electron chi connectivity index (χ0n) is 14.8. The van der Waals surface area contributed by atoms with Gasteiger partial charge in [0.1, 0.15) is 5.75 Å². The highest BCUT2D eigenvalue weighted by Crippen LogP contribution is 2.40. The first kappa shape index (κ1) is 17.5. The number of carbonyl (C=O) groups is 1. The van der Waals surface area contributed by atoms with Crippen LogP contribution in [-0.4, -0.2) is 23.9 Å². The van der Waals surface area contributed by atoms with Crippen LogP contribution in [0.1, 0.15) is 24.3 Å². The lowest BCUT2D eigenvalue weighted by Crippen LogP contribution is -2.25. The second-order valence-electron chi connectivity index (χ2n) is 6.15. The summed E-state index contributed by atoms with van der Waals surface area (Å²) in [6, 6.07) is 19.4. The maximum atomic E-state index is 12.3. The standard InChI is InChI=1S/C21H17BrN2O3/c1-13(25)24-21(27-20(23-24)15-7-10-16(22)11-8-15)19-17-6-4-3-5-14(17)9-12-18(19)26-2/h3-12,21H,1-2H3/t21-/m0/s1. The zero-order valence-corrected chi connectivity index (χ0v) is 16.4. The van der Waals surface area contributed by atoms with Crippen molar-refractivity contribution in [3.63, 3.8) is 0 Å². The van der Waals surface area contributed by atoms with Crippen molar-refractivity contribution in [1.82, 2.24) is 5.01 Å². The van der Waals surface area contributed by atoms with Crippen molar-refractivity contribution in [3.8, 4) is 5.75 Å². The van der Waals surface area contributed by atoms with Gasteiger partial charge in [-0.2, -0.15) is 5.01 Å². The highest BCUT2D eigenvalue weighted by molar-refractivity contribution is 9.10. The summed E-state index contributed by atoms with van der Waals surface area (Å²) < 4.78 is 12.7. The van der Waals surface area contributed by atoms with E-state index in [0.717, 1.165) is 26.4 Å². The molecule has 0 unspecified atom stereocenters. The maximum absolute atomic E-state index is 12.3. The van der Waals surface area contributed by atoms with E-state index in [4.69, 9.17) is 9.47 Å². The molecule has 0 fully saturated rings. The maximum Gasteiger partial charge on any atom is 0.243 e. The number of rotatable bonds is 3. The van der Waals surface area contributed by atoms with Crippen LogP contribution in [0, 0.1) is 0 Å². The van der Waals surface area contributed by atoms with Crippen molar-refractivity contribution in [3.05, 3.63) is 76.3 Å². The fourth-order valence-corrected chi connectivity index (χ4v) is 3.44. The lowest BCUT2D eigenvalue weighted by molar-refractivity contribution is -0.135. The van der Waals surface area contributed by atoms with Gasteiger partial charge >= 0.3 is 0 Å². The fourth-order valence-electron chi connectivity index (χ4n) is 3.17. The molecule has 1 heterocycles. The van der Waals surface area contributed by atoms with E-state index in [1.54, 1.807) is 7.11 Å². The van der Waals surface area contributed by atoms with Crippen molar-refractivity contribution in [2.24, 2.45) is 5.10 Å². The van der Waals surface area contributed by atoms with Gasteiger partial charge in [0.2, 0.25) is 18.0 Å². The third-order valence-corrected chi connectivity index (χ3v) is 4.98. The van der Waals surface area contributed by atoms with E-state index in [1.165, 1.54) is 11.9 Å². The van der Waals surface area contributed by atoms with Gasteiger partial charge in [0.05, 0.1) is 12.7 Å². The van der Waals surface area contributed by atoms with Gasteiger partial charge in [-0.3, -0.25) is 4.79 Å². The number of benzene rings is 3. The Bertz CT molecular complexity index is 1050. The van der Waals surface area contributed by atoms with Crippen LogP contribution in [0.4, 0.5) is 0 Å². The molecule has 5 nitrogen and oxygen atoms in total. The molecule has 1 atom stereocenters. The topological polar surface area (TPSA) is 51.1 Å². The van der Waals surface area contributed by atoms with Crippen LogP contribution >= 0.6 is 15.9 Å². The minimum atomic E-state index is -0.692. The van der Waals surface area contributed by atoms with E-state index in [1.807, 2.05) is 60.7 Å². The summed E-state index contributed by atoms with van der Waals surface area (Å²) in [4.78, 5) is 12.3. The van der Waals surface area contributed by atoms with Crippen molar-refractivity contribution in [2.75, 3.05) is 7.11 Å². The van der Waals surface area contributed by atoms with Crippen molar-refractivity contribution >= 4 is 38.5 Å². The third kappa shape index (κ3) is 3.17. The monoisotopic (exact) mass is 424 g/mol. The number of methoxy groups -OCH3 is 1. The summed E-state index contributed by atoms with van der Waals surface area (Å²) in [6.07, 6.45) is -0.692. The van der Waals surface area contributed by atoms with Gasteiger partial charge in [0.15, 0.2) is 0 Å². The Labute approximate surface area is 165 Å². The second-order valence-corrected chi connectivity index (χ2v) is 7.06. The first-order chi connectivity index (χ1) is 13.1. The number of amides is 1. The van der Waals surface area contributed by atoms with Gasteiger partial charge in [-0.05, 0) is 41.1 Å². The molecular weight excluding hydrogens is 408 g/mol. The van der Waals surface area contributed by atoms with Gasteiger partial charge in [0.25, 0.3) is 0 Å². The highest BCUT2D eigenvalue weighted by atomic mass is 79.9. The number of fused-ring (bicyclic) bond motifs is 1. The van der Waals surface area contributed by atoms with Gasteiger partial charge in [-0.1, -0.05) is 46.3 Å². The van der Waals surface area contributed by atoms with Gasteiger partial charge in [0, 0.05) is 17.0 Å². The number of carbonyl (C=O) groups excluding carboxylic acids is 1. The van der Waals surface area contributed by atoms with E-state index in [2.05, 4.69) is 21.0 Å². The number of hydrazone groups is 1. The predicted octanol–water partition coefficient (Wildman–Crippen LogP) is 4.85. The molecule has 1 amide bonds. The van der Waals surface area contributed by atoms with Crippen LogP contribution in [0.3, 0.4) is 0 Å². The molecule has 4 rings (SSSR count). The van der Waals surface area contributed by atoms with Crippen molar-refractivity contribution < 1.29 is 14.3 Å². The Kier molecular flexibility index (Phi) is 4.58. The van der Waals surface area contributed by atoms with E-state index >= 15 is 0 Å². The van der Waals surface area contributed by atoms with E-state index < -0.39 is 6.23 Å². The van der Waals surface area contributed by atoms with E-state index in [9.17, 15) is 4.79 Å².